The van der Waals surface area contributed by atoms with Gasteiger partial charge in [0.05, 0.1) is 13.3 Å². The predicted molar refractivity (Wildman–Crippen MR) is 56.9 cm³/mol. The molecule has 0 amide bonds. The molecule has 1 aromatic heterocycles. The first-order valence-electron chi connectivity index (χ1n) is 4.58. The van der Waals surface area contributed by atoms with E-state index >= 15 is 0 Å². The second-order valence-corrected chi connectivity index (χ2v) is 3.20. The predicted octanol–water partition coefficient (Wildman–Crippen LogP) is 1.80. The van der Waals surface area contributed by atoms with Crippen molar-refractivity contribution in [1.82, 2.24) is 9.78 Å². The molecule has 15 heavy (non-hydrogen) atoms. The van der Waals surface area contributed by atoms with Crippen LogP contribution in [0.4, 0.5) is 0 Å². The van der Waals surface area contributed by atoms with E-state index < -0.39 is 0 Å². The zero-order valence-electron chi connectivity index (χ0n) is 8.64. The molecule has 0 atom stereocenters. The highest BCUT2D eigenvalue weighted by Gasteiger charge is 2.13. The van der Waals surface area contributed by atoms with Gasteiger partial charge in [0.2, 0.25) is 0 Å². The van der Waals surface area contributed by atoms with E-state index in [0.717, 1.165) is 11.3 Å². The summed E-state index contributed by atoms with van der Waals surface area (Å²) >= 11 is 0. The topological polar surface area (TPSA) is 47.3 Å². The number of benzene rings is 1. The Balaban J connectivity index is 2.63. The Hall–Kier alpha value is -1.97. The van der Waals surface area contributed by atoms with Crippen molar-refractivity contribution in [3.05, 3.63) is 30.5 Å². The average Bonchev–Trinajstić information content (AvgIpc) is 2.59. The summed E-state index contributed by atoms with van der Waals surface area (Å²) in [5, 5.41) is 13.6. The van der Waals surface area contributed by atoms with Gasteiger partial charge in [-0.2, -0.15) is 5.10 Å². The molecule has 0 unspecified atom stereocenters. The van der Waals surface area contributed by atoms with E-state index in [1.54, 1.807) is 18.8 Å². The molecule has 0 aliphatic heterocycles. The Labute approximate surface area is 87.7 Å². The van der Waals surface area contributed by atoms with Crippen molar-refractivity contribution in [2.75, 3.05) is 7.11 Å². The van der Waals surface area contributed by atoms with Crippen molar-refractivity contribution >= 4 is 0 Å². The minimum absolute atomic E-state index is 0.155. The highest BCUT2D eigenvalue weighted by Crippen LogP contribution is 2.34. The molecule has 4 heteroatoms. The Morgan fingerprint density at radius 1 is 1.33 bits per heavy atom. The van der Waals surface area contributed by atoms with E-state index in [4.69, 9.17) is 4.74 Å². The largest absolute Gasteiger partial charge is 0.504 e. The summed E-state index contributed by atoms with van der Waals surface area (Å²) in [6, 6.07) is 7.51. The Morgan fingerprint density at radius 3 is 2.67 bits per heavy atom. The number of aromatic nitrogens is 2. The zero-order chi connectivity index (χ0) is 10.8. The third-order valence-corrected chi connectivity index (χ3v) is 2.28. The molecular weight excluding hydrogens is 192 g/mol. The number of ether oxygens (including phenoxy) is 1. The van der Waals surface area contributed by atoms with Crippen LogP contribution in [0, 0.1) is 0 Å². The molecule has 78 valence electrons. The lowest BCUT2D eigenvalue weighted by Gasteiger charge is -2.08. The number of methoxy groups -OCH3 is 1. The molecule has 0 radical (unpaired) electrons. The summed E-state index contributed by atoms with van der Waals surface area (Å²) in [6.07, 6.45) is 1.42. The van der Waals surface area contributed by atoms with Gasteiger partial charge in [0, 0.05) is 12.6 Å². The van der Waals surface area contributed by atoms with Gasteiger partial charge in [-0.25, -0.2) is 0 Å². The third-order valence-electron chi connectivity index (χ3n) is 2.28. The van der Waals surface area contributed by atoms with Crippen molar-refractivity contribution in [1.29, 1.82) is 0 Å². The lowest BCUT2D eigenvalue weighted by Crippen LogP contribution is -1.95. The molecule has 0 saturated heterocycles. The van der Waals surface area contributed by atoms with Crippen LogP contribution in [0.15, 0.2) is 30.5 Å². The van der Waals surface area contributed by atoms with Crippen molar-refractivity contribution in [2.45, 2.75) is 0 Å². The molecule has 0 spiro atoms. The van der Waals surface area contributed by atoms with Crippen LogP contribution in [0.3, 0.4) is 0 Å². The van der Waals surface area contributed by atoms with Gasteiger partial charge >= 0.3 is 0 Å². The van der Waals surface area contributed by atoms with E-state index in [9.17, 15) is 5.11 Å². The number of para-hydroxylation sites is 1. The number of hydrogen-bond donors (Lipinski definition) is 1. The Morgan fingerprint density at radius 2 is 2.07 bits per heavy atom. The number of aryl methyl sites for hydroxylation is 1. The molecule has 0 saturated carbocycles. The quantitative estimate of drug-likeness (QED) is 0.811. The Kier molecular flexibility index (Phi) is 2.33. The maximum absolute atomic E-state index is 9.67. The molecule has 1 aromatic carbocycles. The van der Waals surface area contributed by atoms with Crippen LogP contribution in [-0.2, 0) is 7.05 Å². The fourth-order valence-electron chi connectivity index (χ4n) is 1.58. The van der Waals surface area contributed by atoms with Crippen LogP contribution in [0.25, 0.3) is 11.3 Å². The van der Waals surface area contributed by atoms with Gasteiger partial charge in [-0.05, 0) is 12.1 Å². The second-order valence-electron chi connectivity index (χ2n) is 3.20. The number of rotatable bonds is 2. The van der Waals surface area contributed by atoms with Crippen molar-refractivity contribution in [3.8, 4) is 22.8 Å². The van der Waals surface area contributed by atoms with E-state index in [-0.39, 0.29) is 5.75 Å². The minimum atomic E-state index is 0.155. The zero-order valence-corrected chi connectivity index (χ0v) is 8.64. The van der Waals surface area contributed by atoms with Crippen molar-refractivity contribution in [2.24, 2.45) is 7.05 Å². The third kappa shape index (κ3) is 1.54. The van der Waals surface area contributed by atoms with Crippen LogP contribution in [-0.4, -0.2) is 22.0 Å². The smallest absolute Gasteiger partial charge is 0.161 e. The lowest BCUT2D eigenvalue weighted by molar-refractivity contribution is 0.415. The first kappa shape index (κ1) is 9.58. The monoisotopic (exact) mass is 204 g/mol. The van der Waals surface area contributed by atoms with Crippen LogP contribution < -0.4 is 4.74 Å². The highest BCUT2D eigenvalue weighted by atomic mass is 16.5. The maximum Gasteiger partial charge on any atom is 0.161 e. The molecule has 0 aliphatic carbocycles. The van der Waals surface area contributed by atoms with Gasteiger partial charge in [0.15, 0.2) is 5.75 Å². The van der Waals surface area contributed by atoms with E-state index in [1.807, 2.05) is 24.3 Å². The lowest BCUT2D eigenvalue weighted by atomic mass is 10.1. The molecule has 1 heterocycles. The van der Waals surface area contributed by atoms with Crippen molar-refractivity contribution < 1.29 is 9.84 Å². The van der Waals surface area contributed by atoms with E-state index in [1.165, 1.54) is 6.20 Å². The molecule has 1 N–H and O–H groups in total. The standard InChI is InChI=1S/C11H12N2O2/c1-13-11(9(14)7-12-13)8-5-3-4-6-10(8)15-2/h3-7,14H,1-2H3. The summed E-state index contributed by atoms with van der Waals surface area (Å²) in [5.41, 5.74) is 1.49. The van der Waals surface area contributed by atoms with Gasteiger partial charge in [0.1, 0.15) is 11.4 Å². The van der Waals surface area contributed by atoms with Gasteiger partial charge in [0.25, 0.3) is 0 Å². The first-order valence-corrected chi connectivity index (χ1v) is 4.58. The molecule has 0 aliphatic rings. The number of nitrogens with zero attached hydrogens (tertiary/aromatic N) is 2. The SMILES string of the molecule is COc1ccccc1-c1c(O)cnn1C. The number of aromatic hydroxyl groups is 1. The maximum atomic E-state index is 9.67. The molecule has 2 aromatic rings. The first-order chi connectivity index (χ1) is 7.24. The van der Waals surface area contributed by atoms with E-state index in [2.05, 4.69) is 5.10 Å². The van der Waals surface area contributed by atoms with E-state index in [0.29, 0.717) is 5.69 Å². The average molecular weight is 204 g/mol. The van der Waals surface area contributed by atoms with Gasteiger partial charge in [-0.1, -0.05) is 12.1 Å². The van der Waals surface area contributed by atoms with Crippen LogP contribution >= 0.6 is 0 Å². The summed E-state index contributed by atoms with van der Waals surface area (Å²) < 4.78 is 6.85. The van der Waals surface area contributed by atoms with Crippen LogP contribution in [0.2, 0.25) is 0 Å². The fourth-order valence-corrected chi connectivity index (χ4v) is 1.58. The van der Waals surface area contributed by atoms with Crippen LogP contribution in [0.5, 0.6) is 11.5 Å². The van der Waals surface area contributed by atoms with Crippen LogP contribution in [0.1, 0.15) is 0 Å². The molecule has 0 fully saturated rings. The normalized spacial score (nSPS) is 10.3. The summed E-state index contributed by atoms with van der Waals surface area (Å²) in [4.78, 5) is 0. The minimum Gasteiger partial charge on any atom is -0.504 e. The Bertz CT molecular complexity index is 458. The highest BCUT2D eigenvalue weighted by molar-refractivity contribution is 5.72. The molecule has 0 bridgehead atoms. The summed E-state index contributed by atoms with van der Waals surface area (Å²) in [5.74, 6) is 0.874. The molecular formula is C11H12N2O2. The van der Waals surface area contributed by atoms with Crippen molar-refractivity contribution in [3.63, 3.8) is 0 Å². The van der Waals surface area contributed by atoms with Gasteiger partial charge < -0.3 is 9.84 Å². The second kappa shape index (κ2) is 3.65. The summed E-state index contributed by atoms with van der Waals surface area (Å²) in [6.45, 7) is 0. The molecule has 4 nitrogen and oxygen atoms in total. The van der Waals surface area contributed by atoms with Gasteiger partial charge in [-0.15, -0.1) is 0 Å². The van der Waals surface area contributed by atoms with Gasteiger partial charge in [-0.3, -0.25) is 4.68 Å². The summed E-state index contributed by atoms with van der Waals surface area (Å²) in [7, 11) is 3.38. The fraction of sp³-hybridized carbons (Fsp3) is 0.182. The molecule has 2 rings (SSSR count). The number of hydrogen-bond acceptors (Lipinski definition) is 3.